The molecule has 0 radical (unpaired) electrons. The molecular formula is C10H14F3N5. The van der Waals surface area contributed by atoms with Crippen LogP contribution in [0.25, 0.3) is 11.0 Å². The van der Waals surface area contributed by atoms with Gasteiger partial charge in [0.1, 0.15) is 5.82 Å². The van der Waals surface area contributed by atoms with E-state index in [0.717, 1.165) is 0 Å². The molecule has 0 aliphatic rings. The third kappa shape index (κ3) is 1.81. The van der Waals surface area contributed by atoms with Crippen molar-refractivity contribution in [2.24, 2.45) is 0 Å². The maximum atomic E-state index is 12.9. The van der Waals surface area contributed by atoms with Crippen molar-refractivity contribution < 1.29 is 13.2 Å². The molecule has 2 rings (SSSR count). The molecule has 100 valence electrons. The summed E-state index contributed by atoms with van der Waals surface area (Å²) in [6.45, 7) is 3.79. The summed E-state index contributed by atoms with van der Waals surface area (Å²) in [7, 11) is 0. The van der Waals surface area contributed by atoms with E-state index < -0.39 is 11.9 Å². The lowest BCUT2D eigenvalue weighted by molar-refractivity contribution is -0.140. The number of nitrogens with zero attached hydrogens (tertiary/aromatic N) is 3. The largest absolute Gasteiger partial charge is 0.435 e. The number of H-pyrrole nitrogens is 1. The molecule has 8 heteroatoms. The first kappa shape index (κ1) is 12.7. The minimum absolute atomic E-state index is 0.102. The predicted octanol–water partition coefficient (Wildman–Crippen LogP) is 2.72. The smallest absolute Gasteiger partial charge is 0.383 e. The first-order chi connectivity index (χ1) is 8.40. The quantitative estimate of drug-likeness (QED) is 0.892. The number of aromatic nitrogens is 4. The van der Waals surface area contributed by atoms with Gasteiger partial charge >= 0.3 is 6.18 Å². The standard InChI is InChI=1S/C10H14F3N5/c1-3-5(4-2)18-9-6(8(14)15-16-9)7(17-18)10(11,12)13/h5H,3-4H2,1-2H3,(H3,14,15,16). The second-order valence-electron chi connectivity index (χ2n) is 4.10. The Hall–Kier alpha value is -1.73. The van der Waals surface area contributed by atoms with E-state index in [2.05, 4.69) is 15.3 Å². The van der Waals surface area contributed by atoms with Crippen LogP contribution in [0.4, 0.5) is 19.0 Å². The first-order valence-corrected chi connectivity index (χ1v) is 5.69. The van der Waals surface area contributed by atoms with Crippen LogP contribution in [-0.2, 0) is 6.18 Å². The number of hydrogen-bond donors (Lipinski definition) is 2. The molecule has 0 amide bonds. The molecule has 18 heavy (non-hydrogen) atoms. The summed E-state index contributed by atoms with van der Waals surface area (Å²) in [4.78, 5) is 0. The Kier molecular flexibility index (Phi) is 2.95. The average Bonchev–Trinajstić information content (AvgIpc) is 2.82. The number of anilines is 1. The van der Waals surface area contributed by atoms with Crippen LogP contribution in [0.1, 0.15) is 38.4 Å². The summed E-state index contributed by atoms with van der Waals surface area (Å²) in [6, 6.07) is -0.119. The van der Waals surface area contributed by atoms with Gasteiger partial charge in [-0.15, -0.1) is 0 Å². The molecule has 2 aromatic rings. The maximum Gasteiger partial charge on any atom is 0.435 e. The van der Waals surface area contributed by atoms with Crippen molar-refractivity contribution in [1.82, 2.24) is 20.0 Å². The van der Waals surface area contributed by atoms with Gasteiger partial charge in [0.25, 0.3) is 0 Å². The van der Waals surface area contributed by atoms with Gasteiger partial charge in [0.05, 0.1) is 11.4 Å². The zero-order valence-corrected chi connectivity index (χ0v) is 10.0. The molecule has 5 nitrogen and oxygen atoms in total. The number of nitrogens with two attached hydrogens (primary N) is 1. The number of hydrogen-bond acceptors (Lipinski definition) is 3. The second kappa shape index (κ2) is 4.18. The molecule has 2 aromatic heterocycles. The molecule has 0 aromatic carbocycles. The van der Waals surface area contributed by atoms with Gasteiger partial charge in [-0.1, -0.05) is 13.8 Å². The number of alkyl halides is 3. The summed E-state index contributed by atoms with van der Waals surface area (Å²) < 4.78 is 40.0. The van der Waals surface area contributed by atoms with E-state index in [0.29, 0.717) is 12.8 Å². The lowest BCUT2D eigenvalue weighted by Crippen LogP contribution is -2.12. The molecular weight excluding hydrogens is 247 g/mol. The number of nitrogen functional groups attached to an aromatic ring is 1. The minimum atomic E-state index is -4.53. The Balaban J connectivity index is 2.70. The summed E-state index contributed by atoms with van der Waals surface area (Å²) >= 11 is 0. The number of aromatic amines is 1. The summed E-state index contributed by atoms with van der Waals surface area (Å²) in [6.07, 6.45) is -3.18. The number of rotatable bonds is 3. The van der Waals surface area contributed by atoms with E-state index in [1.165, 1.54) is 4.68 Å². The third-order valence-electron chi connectivity index (χ3n) is 2.99. The third-order valence-corrected chi connectivity index (χ3v) is 2.99. The van der Waals surface area contributed by atoms with Crippen molar-refractivity contribution in [3.63, 3.8) is 0 Å². The zero-order chi connectivity index (χ0) is 13.5. The zero-order valence-electron chi connectivity index (χ0n) is 10.0. The Morgan fingerprint density at radius 3 is 2.44 bits per heavy atom. The van der Waals surface area contributed by atoms with Gasteiger partial charge in [0, 0.05) is 0 Å². The van der Waals surface area contributed by atoms with Crippen LogP contribution in [0.5, 0.6) is 0 Å². The molecule has 0 saturated carbocycles. The fourth-order valence-corrected chi connectivity index (χ4v) is 2.04. The van der Waals surface area contributed by atoms with Crippen molar-refractivity contribution in [3.8, 4) is 0 Å². The van der Waals surface area contributed by atoms with Crippen LogP contribution in [-0.4, -0.2) is 20.0 Å². The normalized spacial score (nSPS) is 12.8. The van der Waals surface area contributed by atoms with E-state index in [-0.39, 0.29) is 22.9 Å². The summed E-state index contributed by atoms with van der Waals surface area (Å²) in [5, 5.41) is 9.71. The molecule has 2 heterocycles. The van der Waals surface area contributed by atoms with Gasteiger partial charge in [0.15, 0.2) is 11.3 Å². The van der Waals surface area contributed by atoms with Crippen molar-refractivity contribution in [2.75, 3.05) is 5.73 Å². The van der Waals surface area contributed by atoms with E-state index in [9.17, 15) is 13.2 Å². The lowest BCUT2D eigenvalue weighted by atomic mass is 10.2. The van der Waals surface area contributed by atoms with Crippen molar-refractivity contribution in [3.05, 3.63) is 5.69 Å². The van der Waals surface area contributed by atoms with Gasteiger partial charge < -0.3 is 5.73 Å². The lowest BCUT2D eigenvalue weighted by Gasteiger charge is -2.12. The summed E-state index contributed by atoms with van der Waals surface area (Å²) in [5.74, 6) is -0.102. The molecule has 0 spiro atoms. The highest BCUT2D eigenvalue weighted by atomic mass is 19.4. The second-order valence-corrected chi connectivity index (χ2v) is 4.10. The van der Waals surface area contributed by atoms with Crippen LogP contribution in [0.15, 0.2) is 0 Å². The Morgan fingerprint density at radius 2 is 1.94 bits per heavy atom. The molecule has 0 bridgehead atoms. The first-order valence-electron chi connectivity index (χ1n) is 5.69. The van der Waals surface area contributed by atoms with Gasteiger partial charge in [-0.05, 0) is 12.8 Å². The van der Waals surface area contributed by atoms with E-state index >= 15 is 0 Å². The molecule has 0 aliphatic carbocycles. The monoisotopic (exact) mass is 261 g/mol. The van der Waals surface area contributed by atoms with Gasteiger partial charge in [-0.25, -0.2) is 4.68 Å². The summed E-state index contributed by atoms with van der Waals surface area (Å²) in [5.41, 5.74) is 4.68. The maximum absolute atomic E-state index is 12.9. The molecule has 3 N–H and O–H groups in total. The van der Waals surface area contributed by atoms with E-state index in [1.54, 1.807) is 0 Å². The minimum Gasteiger partial charge on any atom is -0.383 e. The fourth-order valence-electron chi connectivity index (χ4n) is 2.04. The Labute approximate surface area is 101 Å². The van der Waals surface area contributed by atoms with Crippen molar-refractivity contribution in [1.29, 1.82) is 0 Å². The highest BCUT2D eigenvalue weighted by Crippen LogP contribution is 2.37. The topological polar surface area (TPSA) is 72.5 Å². The number of halogens is 3. The molecule has 0 fully saturated rings. The van der Waals surface area contributed by atoms with Crippen LogP contribution in [0, 0.1) is 0 Å². The van der Waals surface area contributed by atoms with Crippen LogP contribution in [0.3, 0.4) is 0 Å². The van der Waals surface area contributed by atoms with Crippen LogP contribution >= 0.6 is 0 Å². The predicted molar refractivity (Wildman–Crippen MR) is 60.9 cm³/mol. The van der Waals surface area contributed by atoms with Gasteiger partial charge in [-0.3, -0.25) is 5.10 Å². The van der Waals surface area contributed by atoms with Crippen LogP contribution in [0.2, 0.25) is 0 Å². The average molecular weight is 261 g/mol. The molecule has 0 unspecified atom stereocenters. The Bertz CT molecular complexity index is 550. The highest BCUT2D eigenvalue weighted by molar-refractivity contribution is 5.89. The molecule has 0 saturated heterocycles. The molecule has 0 atom stereocenters. The van der Waals surface area contributed by atoms with E-state index in [1.807, 2.05) is 13.8 Å². The van der Waals surface area contributed by atoms with Crippen LogP contribution < -0.4 is 5.73 Å². The SMILES string of the molecule is CCC(CC)n1nc(C(F)(F)F)c2c(N)[nH]nc21. The molecule has 0 aliphatic heterocycles. The highest BCUT2D eigenvalue weighted by Gasteiger charge is 2.39. The van der Waals surface area contributed by atoms with Crippen molar-refractivity contribution in [2.45, 2.75) is 38.9 Å². The van der Waals surface area contributed by atoms with Gasteiger partial charge in [-0.2, -0.15) is 23.4 Å². The van der Waals surface area contributed by atoms with E-state index in [4.69, 9.17) is 5.73 Å². The fraction of sp³-hybridized carbons (Fsp3) is 0.600. The number of fused-ring (bicyclic) bond motifs is 1. The van der Waals surface area contributed by atoms with Gasteiger partial charge in [0.2, 0.25) is 0 Å². The van der Waals surface area contributed by atoms with Crippen molar-refractivity contribution >= 4 is 16.9 Å². The number of nitrogens with one attached hydrogen (secondary N) is 1. The Morgan fingerprint density at radius 1 is 1.33 bits per heavy atom.